The van der Waals surface area contributed by atoms with Crippen molar-refractivity contribution < 1.29 is 37.4 Å². The molecular formula is C24H18Cl2F3NO5. The van der Waals surface area contributed by atoms with Gasteiger partial charge in [-0.2, -0.15) is 13.2 Å². The normalized spacial score (nSPS) is 11.8. The van der Waals surface area contributed by atoms with Crippen molar-refractivity contribution in [2.75, 3.05) is 6.61 Å². The number of oxime groups is 1. The molecule has 0 unspecified atom stereocenters. The van der Waals surface area contributed by atoms with Gasteiger partial charge in [-0.05, 0) is 36.8 Å². The van der Waals surface area contributed by atoms with E-state index in [0.717, 1.165) is 24.3 Å². The highest BCUT2D eigenvalue weighted by Gasteiger charge is 2.30. The predicted octanol–water partition coefficient (Wildman–Crippen LogP) is 7.21. The Morgan fingerprint density at radius 3 is 2.20 bits per heavy atom. The highest BCUT2D eigenvalue weighted by atomic mass is 35.5. The molecule has 0 aliphatic carbocycles. The molecule has 0 saturated heterocycles. The topological polar surface area (TPSA) is 77.4 Å². The molecule has 11 heteroatoms. The molecular weight excluding hydrogens is 510 g/mol. The maximum atomic E-state index is 12.7. The minimum Gasteiger partial charge on any atom is -0.489 e. The zero-order chi connectivity index (χ0) is 25.6. The first-order chi connectivity index (χ1) is 16.6. The number of nitrogens with zero attached hydrogens (tertiary/aromatic N) is 1. The first-order valence-corrected chi connectivity index (χ1v) is 10.8. The van der Waals surface area contributed by atoms with Gasteiger partial charge < -0.3 is 19.4 Å². The van der Waals surface area contributed by atoms with Gasteiger partial charge in [0.25, 0.3) is 0 Å². The summed E-state index contributed by atoms with van der Waals surface area (Å²) in [5, 5.41) is 13.3. The Balaban J connectivity index is 1.78. The lowest BCUT2D eigenvalue weighted by Gasteiger charge is -2.14. The fraction of sp³-hybridized carbons (Fsp3) is 0.167. The van der Waals surface area contributed by atoms with Crippen molar-refractivity contribution in [3.8, 4) is 17.2 Å². The van der Waals surface area contributed by atoms with Crippen LogP contribution in [-0.2, 0) is 22.4 Å². The van der Waals surface area contributed by atoms with Crippen molar-refractivity contribution >= 4 is 34.9 Å². The largest absolute Gasteiger partial charge is 0.489 e. The molecule has 0 saturated carbocycles. The highest BCUT2D eigenvalue weighted by molar-refractivity contribution is 6.42. The van der Waals surface area contributed by atoms with Crippen LogP contribution in [0, 0.1) is 0 Å². The number of halogens is 5. The number of aliphatic carboxylic acids is 1. The quantitative estimate of drug-likeness (QED) is 0.235. The van der Waals surface area contributed by atoms with Crippen LogP contribution >= 0.6 is 23.2 Å². The lowest BCUT2D eigenvalue weighted by atomic mass is 10.0. The van der Waals surface area contributed by atoms with Crippen LogP contribution in [-0.4, -0.2) is 23.4 Å². The zero-order valence-electron chi connectivity index (χ0n) is 18.1. The van der Waals surface area contributed by atoms with E-state index in [-0.39, 0.29) is 46.2 Å². The monoisotopic (exact) mass is 527 g/mol. The average Bonchev–Trinajstić information content (AvgIpc) is 2.80. The van der Waals surface area contributed by atoms with E-state index >= 15 is 0 Å². The third-order valence-electron chi connectivity index (χ3n) is 4.53. The van der Waals surface area contributed by atoms with E-state index in [2.05, 4.69) is 5.16 Å². The molecule has 3 aromatic rings. The summed E-state index contributed by atoms with van der Waals surface area (Å²) in [4.78, 5) is 16.5. The summed E-state index contributed by atoms with van der Waals surface area (Å²) in [6, 6.07) is 13.5. The number of carboxylic acids is 1. The second kappa shape index (κ2) is 11.3. The van der Waals surface area contributed by atoms with Crippen molar-refractivity contribution in [1.82, 2.24) is 0 Å². The number of carbonyl (C=O) groups is 1. The molecule has 0 aliphatic heterocycles. The van der Waals surface area contributed by atoms with Gasteiger partial charge in [0.15, 0.2) is 11.5 Å². The summed E-state index contributed by atoms with van der Waals surface area (Å²) >= 11 is 12.5. The summed E-state index contributed by atoms with van der Waals surface area (Å²) in [6.07, 6.45) is -4.47. The molecule has 3 aromatic carbocycles. The van der Waals surface area contributed by atoms with E-state index in [9.17, 15) is 23.1 Å². The number of benzene rings is 3. The highest BCUT2D eigenvalue weighted by Crippen LogP contribution is 2.40. The van der Waals surface area contributed by atoms with Gasteiger partial charge in [-0.15, -0.1) is 0 Å². The maximum absolute atomic E-state index is 12.7. The van der Waals surface area contributed by atoms with Gasteiger partial charge in [0.05, 0.1) is 15.6 Å². The van der Waals surface area contributed by atoms with Crippen molar-refractivity contribution in [2.45, 2.75) is 19.7 Å². The molecule has 35 heavy (non-hydrogen) atoms. The number of alkyl halides is 3. The summed E-state index contributed by atoms with van der Waals surface area (Å²) in [7, 11) is 0. The Morgan fingerprint density at radius 1 is 1.00 bits per heavy atom. The van der Waals surface area contributed by atoms with Gasteiger partial charge in [0.2, 0.25) is 0 Å². The van der Waals surface area contributed by atoms with Gasteiger partial charge in [0, 0.05) is 17.7 Å². The summed E-state index contributed by atoms with van der Waals surface area (Å²) in [5.41, 5.74) is -0.260. The van der Waals surface area contributed by atoms with Crippen molar-refractivity contribution in [2.24, 2.45) is 5.16 Å². The third-order valence-corrected chi connectivity index (χ3v) is 5.09. The molecule has 3 rings (SSSR count). The third kappa shape index (κ3) is 6.80. The lowest BCUT2D eigenvalue weighted by molar-refractivity contribution is -0.137. The van der Waals surface area contributed by atoms with Gasteiger partial charge in [-0.25, -0.2) is 4.79 Å². The summed E-state index contributed by atoms with van der Waals surface area (Å²) in [5.74, 6) is -0.855. The minimum atomic E-state index is -4.47. The number of carboxylic acid groups (broad SMARTS) is 1. The van der Waals surface area contributed by atoms with Crippen LogP contribution in [0.2, 0.25) is 10.0 Å². The fourth-order valence-corrected chi connectivity index (χ4v) is 3.46. The van der Waals surface area contributed by atoms with Crippen molar-refractivity contribution in [3.63, 3.8) is 0 Å². The molecule has 0 fully saturated rings. The van der Waals surface area contributed by atoms with Gasteiger partial charge in [-0.1, -0.05) is 52.6 Å². The minimum absolute atomic E-state index is 0.0397. The second-order valence-electron chi connectivity index (χ2n) is 6.95. The number of rotatable bonds is 9. The molecule has 0 heterocycles. The van der Waals surface area contributed by atoms with Gasteiger partial charge >= 0.3 is 12.1 Å². The van der Waals surface area contributed by atoms with Crippen LogP contribution in [0.5, 0.6) is 17.2 Å². The molecule has 0 aliphatic rings. The molecule has 0 spiro atoms. The van der Waals surface area contributed by atoms with Crippen LogP contribution in [0.25, 0.3) is 0 Å². The Kier molecular flexibility index (Phi) is 8.48. The summed E-state index contributed by atoms with van der Waals surface area (Å²) in [6.45, 7) is 1.84. The van der Waals surface area contributed by atoms with Crippen molar-refractivity contribution in [3.05, 3.63) is 87.4 Å². The van der Waals surface area contributed by atoms with E-state index < -0.39 is 17.7 Å². The SMILES string of the molecule is CCON=C(C(=O)O)c1ccccc1COc1cc(Cl)c(Oc2ccc(C(F)(F)F)cc2)c(Cl)c1. The van der Waals surface area contributed by atoms with Gasteiger partial charge in [0.1, 0.15) is 24.7 Å². The lowest BCUT2D eigenvalue weighted by Crippen LogP contribution is -2.18. The second-order valence-corrected chi connectivity index (χ2v) is 7.76. The molecule has 184 valence electrons. The van der Waals surface area contributed by atoms with Crippen LogP contribution in [0.4, 0.5) is 13.2 Å². The number of hydrogen-bond donors (Lipinski definition) is 1. The Bertz CT molecular complexity index is 1210. The standard InChI is InChI=1S/C24H18Cl2F3NO5/c1-2-34-30-21(23(31)32)18-6-4-3-5-14(18)13-33-17-11-19(25)22(20(26)12-17)35-16-9-7-15(8-10-16)24(27,28)29/h3-12H,2,13H2,1H3,(H,31,32). The average molecular weight is 528 g/mol. The first-order valence-electron chi connectivity index (χ1n) is 10.1. The Labute approximate surface area is 208 Å². The molecule has 0 aromatic heterocycles. The Morgan fingerprint density at radius 2 is 1.63 bits per heavy atom. The van der Waals surface area contributed by atoms with Crippen LogP contribution in [0.1, 0.15) is 23.6 Å². The predicted molar refractivity (Wildman–Crippen MR) is 125 cm³/mol. The molecule has 6 nitrogen and oxygen atoms in total. The smallest absolute Gasteiger partial charge is 0.416 e. The molecule has 0 atom stereocenters. The van der Waals surface area contributed by atoms with E-state index in [1.54, 1.807) is 31.2 Å². The van der Waals surface area contributed by atoms with Crippen LogP contribution in [0.15, 0.2) is 65.8 Å². The first kappa shape index (κ1) is 26.2. The van der Waals surface area contributed by atoms with Crippen LogP contribution in [0.3, 0.4) is 0 Å². The number of hydrogen-bond acceptors (Lipinski definition) is 5. The Hall–Kier alpha value is -3.43. The number of ether oxygens (including phenoxy) is 2. The zero-order valence-corrected chi connectivity index (χ0v) is 19.6. The summed E-state index contributed by atoms with van der Waals surface area (Å²) < 4.78 is 49.5. The molecule has 0 bridgehead atoms. The van der Waals surface area contributed by atoms with E-state index in [1.807, 2.05) is 0 Å². The molecule has 0 radical (unpaired) electrons. The van der Waals surface area contributed by atoms with Gasteiger partial charge in [-0.3, -0.25) is 0 Å². The van der Waals surface area contributed by atoms with E-state index in [0.29, 0.717) is 11.1 Å². The molecule has 1 N–H and O–H groups in total. The fourth-order valence-electron chi connectivity index (χ4n) is 2.92. The van der Waals surface area contributed by atoms with Crippen LogP contribution < -0.4 is 9.47 Å². The van der Waals surface area contributed by atoms with E-state index in [1.165, 1.54) is 12.1 Å². The van der Waals surface area contributed by atoms with Crippen molar-refractivity contribution in [1.29, 1.82) is 0 Å². The maximum Gasteiger partial charge on any atom is 0.416 e. The van der Waals surface area contributed by atoms with E-state index in [4.69, 9.17) is 37.5 Å². The molecule has 0 amide bonds.